The number of benzene rings is 2. The van der Waals surface area contributed by atoms with Crippen LogP contribution in [-0.2, 0) is 4.79 Å². The number of carbonyl (C=O) groups is 1. The molecule has 6 nitrogen and oxygen atoms in total. The zero-order valence-corrected chi connectivity index (χ0v) is 15.6. The molecule has 0 saturated carbocycles. The summed E-state index contributed by atoms with van der Waals surface area (Å²) in [5, 5.41) is 12.0. The zero-order chi connectivity index (χ0) is 20.3. The number of ether oxygens (including phenoxy) is 1. The van der Waals surface area contributed by atoms with Gasteiger partial charge in [0.15, 0.2) is 6.10 Å². The Morgan fingerprint density at radius 3 is 2.75 bits per heavy atom. The Morgan fingerprint density at radius 2 is 2.04 bits per heavy atom. The van der Waals surface area contributed by atoms with Crippen molar-refractivity contribution < 1.29 is 23.4 Å². The number of hydrogen-bond donors (Lipinski definition) is 2. The Kier molecular flexibility index (Phi) is 5.96. The van der Waals surface area contributed by atoms with Crippen molar-refractivity contribution in [2.45, 2.75) is 13.0 Å². The van der Waals surface area contributed by atoms with Crippen molar-refractivity contribution in [3.63, 3.8) is 0 Å². The van der Waals surface area contributed by atoms with Crippen LogP contribution < -0.4 is 15.7 Å². The van der Waals surface area contributed by atoms with Crippen LogP contribution in [0.15, 0.2) is 51.7 Å². The molecule has 1 atom stereocenters. The molecule has 0 unspecified atom stereocenters. The van der Waals surface area contributed by atoms with Crippen molar-refractivity contribution in [2.75, 3.05) is 13.2 Å². The summed E-state index contributed by atoms with van der Waals surface area (Å²) in [4.78, 5) is 23.9. The number of halogens is 2. The first kappa shape index (κ1) is 19.9. The van der Waals surface area contributed by atoms with Crippen LogP contribution in [0.5, 0.6) is 5.75 Å². The molecule has 0 radical (unpaired) electrons. The Labute approximate surface area is 164 Å². The molecule has 3 aromatic rings. The lowest BCUT2D eigenvalue weighted by Gasteiger charge is -2.15. The third kappa shape index (κ3) is 4.32. The maximum absolute atomic E-state index is 13.3. The normalized spacial score (nSPS) is 12.0. The van der Waals surface area contributed by atoms with Crippen LogP contribution in [0.1, 0.15) is 6.92 Å². The number of aliphatic hydroxyl groups excluding tert-OH is 1. The lowest BCUT2D eigenvalue weighted by molar-refractivity contribution is -0.127. The fourth-order valence-electron chi connectivity index (χ4n) is 2.73. The molecule has 0 aliphatic carbocycles. The highest BCUT2D eigenvalue weighted by atomic mass is 35.5. The van der Waals surface area contributed by atoms with Crippen molar-refractivity contribution >= 4 is 28.5 Å². The summed E-state index contributed by atoms with van der Waals surface area (Å²) in [6.07, 6.45) is -0.814. The maximum Gasteiger partial charge on any atom is 0.336 e. The molecule has 146 valence electrons. The second-order valence-corrected chi connectivity index (χ2v) is 6.44. The van der Waals surface area contributed by atoms with E-state index in [1.807, 2.05) is 0 Å². The second-order valence-electron chi connectivity index (χ2n) is 6.04. The van der Waals surface area contributed by atoms with Crippen LogP contribution in [0.4, 0.5) is 4.39 Å². The van der Waals surface area contributed by atoms with Gasteiger partial charge < -0.3 is 19.6 Å². The monoisotopic (exact) mass is 405 g/mol. The molecule has 0 aliphatic heterocycles. The van der Waals surface area contributed by atoms with Crippen molar-refractivity contribution in [1.82, 2.24) is 5.32 Å². The third-order valence-electron chi connectivity index (χ3n) is 4.03. The van der Waals surface area contributed by atoms with Gasteiger partial charge in [-0.05, 0) is 37.3 Å². The molecule has 0 saturated heterocycles. The van der Waals surface area contributed by atoms with Crippen LogP contribution in [0, 0.1) is 5.82 Å². The summed E-state index contributed by atoms with van der Waals surface area (Å²) in [5.41, 5.74) is 0.625. The fraction of sp³-hybridized carbons (Fsp3) is 0.200. The van der Waals surface area contributed by atoms with Gasteiger partial charge >= 0.3 is 5.63 Å². The van der Waals surface area contributed by atoms with Crippen LogP contribution in [0.2, 0.25) is 5.02 Å². The van der Waals surface area contributed by atoms with Gasteiger partial charge in [0.2, 0.25) is 0 Å². The van der Waals surface area contributed by atoms with Crippen molar-refractivity contribution in [3.8, 4) is 16.9 Å². The third-order valence-corrected chi connectivity index (χ3v) is 4.34. The van der Waals surface area contributed by atoms with Gasteiger partial charge in [0, 0.05) is 35.2 Å². The molecule has 2 aromatic carbocycles. The fourth-order valence-corrected chi connectivity index (χ4v) is 3.00. The van der Waals surface area contributed by atoms with Gasteiger partial charge in [-0.1, -0.05) is 11.6 Å². The van der Waals surface area contributed by atoms with E-state index in [9.17, 15) is 14.0 Å². The maximum atomic E-state index is 13.3. The summed E-state index contributed by atoms with van der Waals surface area (Å²) in [7, 11) is 0. The molecule has 2 N–H and O–H groups in total. The first-order valence-electron chi connectivity index (χ1n) is 8.47. The highest BCUT2D eigenvalue weighted by molar-refractivity contribution is 6.33. The molecule has 0 bridgehead atoms. The van der Waals surface area contributed by atoms with Gasteiger partial charge in [0.1, 0.15) is 17.1 Å². The first-order valence-corrected chi connectivity index (χ1v) is 8.85. The van der Waals surface area contributed by atoms with Gasteiger partial charge in [-0.3, -0.25) is 4.79 Å². The minimum Gasteiger partial charge on any atom is -0.481 e. The number of aliphatic hydroxyl groups is 1. The van der Waals surface area contributed by atoms with Crippen molar-refractivity contribution in [2.24, 2.45) is 0 Å². The lowest BCUT2D eigenvalue weighted by Crippen LogP contribution is -2.37. The molecule has 1 aromatic heterocycles. The Hall–Kier alpha value is -2.90. The SMILES string of the molecule is C[C@@H](Oc1ccc2c(-c3ccc(F)cc3Cl)cc(=O)oc2c1)C(=O)NCCO. The van der Waals surface area contributed by atoms with E-state index in [0.717, 1.165) is 0 Å². The average Bonchev–Trinajstić information content (AvgIpc) is 2.65. The number of rotatable bonds is 6. The molecule has 0 spiro atoms. The highest BCUT2D eigenvalue weighted by Crippen LogP contribution is 2.34. The van der Waals surface area contributed by atoms with Gasteiger partial charge in [-0.15, -0.1) is 0 Å². The van der Waals surface area contributed by atoms with E-state index in [4.69, 9.17) is 25.9 Å². The van der Waals surface area contributed by atoms with Gasteiger partial charge in [0.05, 0.1) is 11.6 Å². The van der Waals surface area contributed by atoms with Crippen LogP contribution in [0.3, 0.4) is 0 Å². The van der Waals surface area contributed by atoms with Crippen molar-refractivity contribution in [3.05, 3.63) is 63.7 Å². The summed E-state index contributed by atoms with van der Waals surface area (Å²) in [6.45, 7) is 1.51. The highest BCUT2D eigenvalue weighted by Gasteiger charge is 2.16. The molecule has 0 fully saturated rings. The summed E-state index contributed by atoms with van der Waals surface area (Å²) in [6, 6.07) is 9.98. The molecular weight excluding hydrogens is 389 g/mol. The predicted molar refractivity (Wildman–Crippen MR) is 103 cm³/mol. The molecular formula is C20H17ClFNO5. The van der Waals surface area contributed by atoms with Crippen LogP contribution in [-0.4, -0.2) is 30.3 Å². The van der Waals surface area contributed by atoms with Gasteiger partial charge in [-0.2, -0.15) is 0 Å². The smallest absolute Gasteiger partial charge is 0.336 e. The zero-order valence-electron chi connectivity index (χ0n) is 14.9. The Bertz CT molecular complexity index is 1080. The summed E-state index contributed by atoms with van der Waals surface area (Å²) < 4.78 is 24.2. The van der Waals surface area contributed by atoms with Crippen molar-refractivity contribution in [1.29, 1.82) is 0 Å². The standard InChI is InChI=1S/C20H17ClFNO5/c1-11(20(26)23-6-7-24)27-13-3-5-15-16(10-19(25)28-18(15)9-13)14-4-2-12(22)8-17(14)21/h2-5,8-11,24H,6-7H2,1H3,(H,23,26)/t11-/m1/s1. The van der Waals surface area contributed by atoms with Crippen LogP contribution >= 0.6 is 11.6 Å². The molecule has 0 aliphatic rings. The predicted octanol–water partition coefficient (Wildman–Crippen LogP) is 3.13. The van der Waals surface area contributed by atoms with E-state index < -0.39 is 17.5 Å². The lowest BCUT2D eigenvalue weighted by atomic mass is 10.0. The number of fused-ring (bicyclic) bond motifs is 1. The summed E-state index contributed by atoms with van der Waals surface area (Å²) in [5.74, 6) is -0.544. The first-order chi connectivity index (χ1) is 13.4. The van der Waals surface area contributed by atoms with E-state index in [-0.39, 0.29) is 29.7 Å². The quantitative estimate of drug-likeness (QED) is 0.615. The average molecular weight is 406 g/mol. The minimum absolute atomic E-state index is 0.126. The molecule has 1 heterocycles. The summed E-state index contributed by atoms with van der Waals surface area (Å²) >= 11 is 6.13. The molecule has 28 heavy (non-hydrogen) atoms. The Morgan fingerprint density at radius 1 is 1.25 bits per heavy atom. The van der Waals surface area contributed by atoms with E-state index >= 15 is 0 Å². The number of carbonyl (C=O) groups excluding carboxylic acids is 1. The van der Waals surface area contributed by atoms with E-state index in [2.05, 4.69) is 5.32 Å². The number of amides is 1. The van der Waals surface area contributed by atoms with Crippen LogP contribution in [0.25, 0.3) is 22.1 Å². The molecule has 8 heteroatoms. The second kappa shape index (κ2) is 8.41. The number of nitrogens with one attached hydrogen (secondary N) is 1. The van der Waals surface area contributed by atoms with E-state index in [1.54, 1.807) is 19.1 Å². The van der Waals surface area contributed by atoms with E-state index in [1.165, 1.54) is 30.3 Å². The Balaban J connectivity index is 1.97. The van der Waals surface area contributed by atoms with Gasteiger partial charge in [-0.25, -0.2) is 9.18 Å². The molecule has 3 rings (SSSR count). The molecule has 1 amide bonds. The van der Waals surface area contributed by atoms with E-state index in [0.29, 0.717) is 22.3 Å². The largest absolute Gasteiger partial charge is 0.481 e. The topological polar surface area (TPSA) is 88.8 Å². The van der Waals surface area contributed by atoms with Gasteiger partial charge in [0.25, 0.3) is 5.91 Å². The minimum atomic E-state index is -0.814. The number of hydrogen-bond acceptors (Lipinski definition) is 5.